The van der Waals surface area contributed by atoms with E-state index < -0.39 is 0 Å². The molecular weight excluding hydrogens is 206 g/mol. The van der Waals surface area contributed by atoms with E-state index in [9.17, 15) is 0 Å². The molecule has 0 saturated heterocycles. The lowest BCUT2D eigenvalue weighted by Crippen LogP contribution is -2.10. The summed E-state index contributed by atoms with van der Waals surface area (Å²) in [6, 6.07) is 0.571. The van der Waals surface area contributed by atoms with Gasteiger partial charge in [-0.1, -0.05) is 19.8 Å². The molecule has 1 aliphatic carbocycles. The van der Waals surface area contributed by atoms with Gasteiger partial charge < -0.3 is 4.57 Å². The van der Waals surface area contributed by atoms with E-state index in [1.807, 2.05) is 6.92 Å². The summed E-state index contributed by atoms with van der Waals surface area (Å²) in [5.41, 5.74) is 0. The molecule has 1 fully saturated rings. The van der Waals surface area contributed by atoms with Gasteiger partial charge in [-0.25, -0.2) is 0 Å². The molecule has 1 aromatic heterocycles. The quantitative estimate of drug-likeness (QED) is 0.587. The van der Waals surface area contributed by atoms with Crippen LogP contribution in [0.3, 0.4) is 0 Å². The molecule has 0 spiro atoms. The number of aromatic nitrogens is 3. The molecule has 1 heterocycles. The largest absolute Gasteiger partial charge is 0.301 e. The van der Waals surface area contributed by atoms with E-state index >= 15 is 0 Å². The van der Waals surface area contributed by atoms with Gasteiger partial charge in [0.15, 0.2) is 4.77 Å². The van der Waals surface area contributed by atoms with Crippen molar-refractivity contribution in [1.29, 1.82) is 0 Å². The minimum Gasteiger partial charge on any atom is -0.301 e. The van der Waals surface area contributed by atoms with Gasteiger partial charge in [-0.15, -0.1) is 0 Å². The number of aryl methyl sites for hydroxylation is 1. The lowest BCUT2D eigenvalue weighted by molar-refractivity contribution is 0.421. The van der Waals surface area contributed by atoms with E-state index in [4.69, 9.17) is 12.2 Å². The maximum absolute atomic E-state index is 5.27. The van der Waals surface area contributed by atoms with Crippen LogP contribution in [0.4, 0.5) is 0 Å². The Morgan fingerprint density at radius 2 is 2.13 bits per heavy atom. The molecule has 0 amide bonds. The summed E-state index contributed by atoms with van der Waals surface area (Å²) in [6.07, 6.45) is 6.49. The Morgan fingerprint density at radius 3 is 2.80 bits per heavy atom. The van der Waals surface area contributed by atoms with Gasteiger partial charge in [0.2, 0.25) is 0 Å². The number of hydrogen-bond donors (Lipinski definition) is 1. The molecule has 1 N–H and O–H groups in total. The van der Waals surface area contributed by atoms with Crippen molar-refractivity contribution >= 4 is 12.2 Å². The molecule has 0 radical (unpaired) electrons. The highest BCUT2D eigenvalue weighted by atomic mass is 32.1. The second-order valence-electron chi connectivity index (χ2n) is 4.71. The van der Waals surface area contributed by atoms with Crippen molar-refractivity contribution in [2.24, 2.45) is 5.92 Å². The Hall–Kier alpha value is -0.640. The first-order chi connectivity index (χ1) is 7.18. The van der Waals surface area contributed by atoms with Gasteiger partial charge in [-0.3, -0.25) is 5.10 Å². The van der Waals surface area contributed by atoms with Crippen LogP contribution in [0, 0.1) is 17.6 Å². The Labute approximate surface area is 95.9 Å². The molecule has 15 heavy (non-hydrogen) atoms. The molecule has 2 unspecified atom stereocenters. The van der Waals surface area contributed by atoms with Crippen molar-refractivity contribution in [2.75, 3.05) is 0 Å². The lowest BCUT2D eigenvalue weighted by Gasteiger charge is -2.16. The van der Waals surface area contributed by atoms with E-state index in [0.717, 1.165) is 16.5 Å². The molecule has 4 heteroatoms. The zero-order valence-corrected chi connectivity index (χ0v) is 10.3. The zero-order chi connectivity index (χ0) is 10.8. The van der Waals surface area contributed by atoms with Crippen LogP contribution in [0.1, 0.15) is 50.9 Å². The van der Waals surface area contributed by atoms with Crippen molar-refractivity contribution < 1.29 is 0 Å². The maximum atomic E-state index is 5.27. The summed E-state index contributed by atoms with van der Waals surface area (Å²) in [7, 11) is 0. The van der Waals surface area contributed by atoms with Crippen LogP contribution in [-0.4, -0.2) is 14.8 Å². The summed E-state index contributed by atoms with van der Waals surface area (Å²) >= 11 is 5.27. The van der Waals surface area contributed by atoms with Crippen LogP contribution in [0.5, 0.6) is 0 Å². The van der Waals surface area contributed by atoms with Crippen molar-refractivity contribution in [1.82, 2.24) is 14.8 Å². The molecule has 2 atom stereocenters. The Bertz CT molecular complexity index is 379. The predicted octanol–water partition coefficient (Wildman–Crippen LogP) is 3.39. The van der Waals surface area contributed by atoms with Gasteiger partial charge >= 0.3 is 0 Å². The third-order valence-electron chi connectivity index (χ3n) is 3.47. The predicted molar refractivity (Wildman–Crippen MR) is 63.4 cm³/mol. The molecule has 0 bridgehead atoms. The van der Waals surface area contributed by atoms with Crippen LogP contribution in [0.2, 0.25) is 0 Å². The van der Waals surface area contributed by atoms with Crippen LogP contribution in [0.25, 0.3) is 0 Å². The highest BCUT2D eigenvalue weighted by molar-refractivity contribution is 7.71. The van der Waals surface area contributed by atoms with Gasteiger partial charge in [-0.2, -0.15) is 5.10 Å². The summed E-state index contributed by atoms with van der Waals surface area (Å²) in [4.78, 5) is 0. The highest BCUT2D eigenvalue weighted by Crippen LogP contribution is 2.30. The second kappa shape index (κ2) is 4.47. The standard InChI is InChI=1S/C11H19N3S/c1-8-4-3-5-10(7-6-8)14-9(2)12-13-11(14)15/h8,10H,3-7H2,1-2H3,(H,13,15). The van der Waals surface area contributed by atoms with Gasteiger partial charge in [0, 0.05) is 6.04 Å². The smallest absolute Gasteiger partial charge is 0.195 e. The summed E-state index contributed by atoms with van der Waals surface area (Å²) < 4.78 is 2.99. The maximum Gasteiger partial charge on any atom is 0.195 e. The van der Waals surface area contributed by atoms with E-state index in [1.165, 1.54) is 32.1 Å². The Kier molecular flexibility index (Phi) is 3.24. The van der Waals surface area contributed by atoms with Crippen molar-refractivity contribution in [3.63, 3.8) is 0 Å². The molecular formula is C11H19N3S. The molecule has 84 valence electrons. The Morgan fingerprint density at radius 1 is 1.33 bits per heavy atom. The number of aromatic amines is 1. The molecule has 2 rings (SSSR count). The van der Waals surface area contributed by atoms with Crippen LogP contribution in [-0.2, 0) is 0 Å². The van der Waals surface area contributed by atoms with Gasteiger partial charge in [0.1, 0.15) is 5.82 Å². The van der Waals surface area contributed by atoms with Gasteiger partial charge in [0.05, 0.1) is 0 Å². The third-order valence-corrected chi connectivity index (χ3v) is 3.76. The van der Waals surface area contributed by atoms with Crippen LogP contribution in [0.15, 0.2) is 0 Å². The lowest BCUT2D eigenvalue weighted by atomic mass is 10.0. The fourth-order valence-electron chi connectivity index (χ4n) is 2.54. The van der Waals surface area contributed by atoms with E-state index in [1.54, 1.807) is 0 Å². The fraction of sp³-hybridized carbons (Fsp3) is 0.818. The second-order valence-corrected chi connectivity index (χ2v) is 5.10. The average Bonchev–Trinajstić information content (AvgIpc) is 2.41. The van der Waals surface area contributed by atoms with Gasteiger partial charge in [-0.05, 0) is 44.3 Å². The highest BCUT2D eigenvalue weighted by Gasteiger charge is 2.19. The normalized spacial score (nSPS) is 27.6. The zero-order valence-electron chi connectivity index (χ0n) is 9.49. The molecule has 1 aromatic rings. The SMILES string of the molecule is Cc1n[nH]c(=S)n1C1CCCC(C)CC1. The van der Waals surface area contributed by atoms with Crippen molar-refractivity contribution in [3.8, 4) is 0 Å². The van der Waals surface area contributed by atoms with E-state index in [-0.39, 0.29) is 0 Å². The number of rotatable bonds is 1. The number of nitrogens with one attached hydrogen (secondary N) is 1. The summed E-state index contributed by atoms with van der Waals surface area (Å²) in [6.45, 7) is 4.38. The minimum atomic E-state index is 0.571. The number of nitrogens with zero attached hydrogens (tertiary/aromatic N) is 2. The van der Waals surface area contributed by atoms with E-state index in [2.05, 4.69) is 21.7 Å². The molecule has 3 nitrogen and oxygen atoms in total. The topological polar surface area (TPSA) is 33.6 Å². The third kappa shape index (κ3) is 2.30. The van der Waals surface area contributed by atoms with Gasteiger partial charge in [0.25, 0.3) is 0 Å². The first kappa shape index (κ1) is 10.9. The molecule has 0 aromatic carbocycles. The average molecular weight is 225 g/mol. The van der Waals surface area contributed by atoms with Crippen LogP contribution >= 0.6 is 12.2 Å². The first-order valence-electron chi connectivity index (χ1n) is 5.82. The number of H-pyrrole nitrogens is 1. The van der Waals surface area contributed by atoms with Crippen molar-refractivity contribution in [2.45, 2.75) is 52.0 Å². The summed E-state index contributed by atoms with van der Waals surface area (Å²) in [5, 5.41) is 7.07. The molecule has 1 saturated carbocycles. The summed E-state index contributed by atoms with van der Waals surface area (Å²) in [5.74, 6) is 1.90. The molecule has 1 aliphatic rings. The van der Waals surface area contributed by atoms with Crippen molar-refractivity contribution in [3.05, 3.63) is 10.6 Å². The Balaban J connectivity index is 2.20. The van der Waals surface area contributed by atoms with E-state index in [0.29, 0.717) is 6.04 Å². The minimum absolute atomic E-state index is 0.571. The fourth-order valence-corrected chi connectivity index (χ4v) is 2.87. The van der Waals surface area contributed by atoms with Crippen LogP contribution < -0.4 is 0 Å². The monoisotopic (exact) mass is 225 g/mol. The molecule has 0 aliphatic heterocycles. The first-order valence-corrected chi connectivity index (χ1v) is 6.23. The number of hydrogen-bond acceptors (Lipinski definition) is 2.